The maximum absolute atomic E-state index is 11.6. The number of aromatic amines is 1. The summed E-state index contributed by atoms with van der Waals surface area (Å²) in [7, 11) is 1.23. The highest BCUT2D eigenvalue weighted by molar-refractivity contribution is 7.98. The lowest BCUT2D eigenvalue weighted by Crippen LogP contribution is -2.36. The third-order valence-corrected chi connectivity index (χ3v) is 3.85. The predicted molar refractivity (Wildman–Crippen MR) is 89.7 cm³/mol. The smallest absolute Gasteiger partial charge is 0.330 e. The van der Waals surface area contributed by atoms with Gasteiger partial charge in [0.2, 0.25) is 5.92 Å². The van der Waals surface area contributed by atoms with Gasteiger partial charge in [0.05, 0.1) is 38.3 Å². The maximum atomic E-state index is 11.6. The first kappa shape index (κ1) is 18.6. The Morgan fingerprint density at radius 2 is 2.48 bits per heavy atom. The molecule has 2 N–H and O–H groups in total. The molecule has 1 unspecified atom stereocenters. The molecule has 8 heteroatoms. The number of rotatable bonds is 8. The Morgan fingerprint density at radius 1 is 1.70 bits per heavy atom. The maximum Gasteiger partial charge on any atom is 0.330 e. The molecule has 0 aliphatic rings. The second-order valence-electron chi connectivity index (χ2n) is 4.44. The number of nitrogens with one attached hydrogen (secondary N) is 2. The van der Waals surface area contributed by atoms with Crippen LogP contribution in [0, 0.1) is 36.5 Å². The van der Waals surface area contributed by atoms with Crippen molar-refractivity contribution in [3.8, 4) is 18.4 Å². The number of carbonyl (C=O) groups is 1. The molecule has 7 nitrogen and oxygen atoms in total. The fourth-order valence-corrected chi connectivity index (χ4v) is 2.52. The second-order valence-corrected chi connectivity index (χ2v) is 5.54. The van der Waals surface area contributed by atoms with Crippen LogP contribution in [0.4, 0.5) is 0 Å². The summed E-state index contributed by atoms with van der Waals surface area (Å²) in [5.74, 6) is 2.39. The van der Waals surface area contributed by atoms with Crippen LogP contribution in [-0.2, 0) is 15.3 Å². The Labute approximate surface area is 139 Å². The zero-order valence-electron chi connectivity index (χ0n) is 13.1. The van der Waals surface area contributed by atoms with Crippen molar-refractivity contribution in [3.05, 3.63) is 17.7 Å². The van der Waals surface area contributed by atoms with E-state index in [1.807, 2.05) is 13.0 Å². The Hall–Kier alpha value is -2.45. The van der Waals surface area contributed by atoms with Gasteiger partial charge in [-0.3, -0.25) is 9.79 Å². The molecule has 0 aliphatic carbocycles. The van der Waals surface area contributed by atoms with Gasteiger partial charge in [-0.25, -0.2) is 4.98 Å². The van der Waals surface area contributed by atoms with Gasteiger partial charge in [-0.05, 0) is 6.92 Å². The number of methoxy groups -OCH3 is 1. The summed E-state index contributed by atoms with van der Waals surface area (Å²) in [5.41, 5.74) is 2.06. The summed E-state index contributed by atoms with van der Waals surface area (Å²) < 4.78 is 4.60. The lowest BCUT2D eigenvalue weighted by Gasteiger charge is -2.11. The molecular formula is C15H19N5O2S. The van der Waals surface area contributed by atoms with Crippen LogP contribution in [0.15, 0.2) is 11.3 Å². The summed E-state index contributed by atoms with van der Waals surface area (Å²) in [6.45, 7) is 2.61. The average Bonchev–Trinajstić information content (AvgIpc) is 2.97. The molecule has 0 fully saturated rings. The topological polar surface area (TPSA) is 103 Å². The van der Waals surface area contributed by atoms with Crippen molar-refractivity contribution in [2.24, 2.45) is 10.9 Å². The number of aryl methyl sites for hydroxylation is 1. The van der Waals surface area contributed by atoms with Crippen molar-refractivity contribution in [3.63, 3.8) is 0 Å². The summed E-state index contributed by atoms with van der Waals surface area (Å²) in [6.07, 6.45) is 6.86. The van der Waals surface area contributed by atoms with Gasteiger partial charge < -0.3 is 15.0 Å². The Bertz CT molecular complexity index is 627. The SMILES string of the molecule is C#CCNC(=NCCSCc1nc[nH]c1C)C(C#N)C(=O)OC. The summed E-state index contributed by atoms with van der Waals surface area (Å²) in [4.78, 5) is 23.1. The lowest BCUT2D eigenvalue weighted by molar-refractivity contribution is -0.141. The molecule has 0 bridgehead atoms. The molecule has 0 saturated heterocycles. The largest absolute Gasteiger partial charge is 0.468 e. The Morgan fingerprint density at radius 3 is 3.04 bits per heavy atom. The third-order valence-electron chi connectivity index (χ3n) is 2.90. The molecule has 1 heterocycles. The van der Waals surface area contributed by atoms with Crippen LogP contribution in [0.1, 0.15) is 11.4 Å². The molecule has 1 atom stereocenters. The van der Waals surface area contributed by atoms with Crippen molar-refractivity contribution < 1.29 is 9.53 Å². The predicted octanol–water partition coefficient (Wildman–Crippen LogP) is 0.885. The number of imidazole rings is 1. The molecule has 0 aromatic carbocycles. The van der Waals surface area contributed by atoms with E-state index in [0.717, 1.165) is 22.9 Å². The highest BCUT2D eigenvalue weighted by Gasteiger charge is 2.24. The molecule has 122 valence electrons. The van der Waals surface area contributed by atoms with E-state index in [9.17, 15) is 4.79 Å². The van der Waals surface area contributed by atoms with Crippen LogP contribution in [0.5, 0.6) is 0 Å². The van der Waals surface area contributed by atoms with Crippen molar-refractivity contribution >= 4 is 23.6 Å². The van der Waals surface area contributed by atoms with Gasteiger partial charge in [0.15, 0.2) is 0 Å². The summed E-state index contributed by atoms with van der Waals surface area (Å²) in [6, 6.07) is 1.88. The zero-order chi connectivity index (χ0) is 17.1. The number of H-pyrrole nitrogens is 1. The molecule has 0 aliphatic heterocycles. The van der Waals surface area contributed by atoms with Gasteiger partial charge in [-0.1, -0.05) is 5.92 Å². The van der Waals surface area contributed by atoms with Crippen molar-refractivity contribution in [2.75, 3.05) is 26.0 Å². The van der Waals surface area contributed by atoms with Gasteiger partial charge in [-0.2, -0.15) is 17.0 Å². The van der Waals surface area contributed by atoms with Gasteiger partial charge in [-0.15, -0.1) is 6.42 Å². The number of hydrogen-bond donors (Lipinski definition) is 2. The minimum Gasteiger partial charge on any atom is -0.468 e. The fraction of sp³-hybridized carbons (Fsp3) is 0.467. The molecule has 0 spiro atoms. The van der Waals surface area contributed by atoms with Gasteiger partial charge in [0.25, 0.3) is 0 Å². The van der Waals surface area contributed by atoms with Crippen LogP contribution in [0.2, 0.25) is 0 Å². The molecule has 1 aromatic rings. The highest BCUT2D eigenvalue weighted by Crippen LogP contribution is 2.12. The normalized spacial score (nSPS) is 12.1. The second kappa shape index (κ2) is 10.3. The fourth-order valence-electron chi connectivity index (χ4n) is 1.67. The van der Waals surface area contributed by atoms with E-state index in [-0.39, 0.29) is 12.4 Å². The number of ether oxygens (including phenoxy) is 1. The molecule has 0 amide bonds. The number of esters is 1. The van der Waals surface area contributed by atoms with Gasteiger partial charge in [0, 0.05) is 17.2 Å². The zero-order valence-corrected chi connectivity index (χ0v) is 13.9. The first-order valence-corrected chi connectivity index (χ1v) is 8.05. The average molecular weight is 333 g/mol. The lowest BCUT2D eigenvalue weighted by atomic mass is 10.1. The van der Waals surface area contributed by atoms with E-state index in [4.69, 9.17) is 11.7 Å². The van der Waals surface area contributed by atoms with Crippen LogP contribution in [-0.4, -0.2) is 47.7 Å². The number of thioether (sulfide) groups is 1. The number of amidine groups is 1. The van der Waals surface area contributed by atoms with Crippen LogP contribution < -0.4 is 5.32 Å². The number of hydrogen-bond acceptors (Lipinski definition) is 6. The van der Waals surface area contributed by atoms with E-state index in [1.165, 1.54) is 7.11 Å². The number of nitrogens with zero attached hydrogens (tertiary/aromatic N) is 3. The Balaban J connectivity index is 2.55. The summed E-state index contributed by atoms with van der Waals surface area (Å²) in [5, 5.41) is 11.9. The van der Waals surface area contributed by atoms with E-state index in [2.05, 4.69) is 30.9 Å². The molecule has 0 saturated carbocycles. The highest BCUT2D eigenvalue weighted by atomic mass is 32.2. The Kier molecular flexibility index (Phi) is 8.33. The van der Waals surface area contributed by atoms with Gasteiger partial charge >= 0.3 is 5.97 Å². The quantitative estimate of drug-likeness (QED) is 0.241. The third kappa shape index (κ3) is 6.05. The minimum absolute atomic E-state index is 0.188. The molecule has 1 rings (SSSR count). The molecular weight excluding hydrogens is 314 g/mol. The van der Waals surface area contributed by atoms with E-state index in [1.54, 1.807) is 18.1 Å². The van der Waals surface area contributed by atoms with Crippen LogP contribution >= 0.6 is 11.8 Å². The van der Waals surface area contributed by atoms with Crippen molar-refractivity contribution in [1.29, 1.82) is 5.26 Å². The number of carbonyl (C=O) groups excluding carboxylic acids is 1. The standard InChI is InChI=1S/C15H19N5O2S/c1-4-5-17-14(12(8-16)15(21)22-3)18-6-7-23-9-13-11(2)19-10-20-13/h1,10,12H,5-7,9H2,2-3H3,(H,17,18)(H,19,20). The first-order chi connectivity index (χ1) is 11.1. The minimum atomic E-state index is -1.09. The first-order valence-electron chi connectivity index (χ1n) is 6.89. The van der Waals surface area contributed by atoms with Crippen LogP contribution in [0.25, 0.3) is 0 Å². The monoisotopic (exact) mass is 333 g/mol. The van der Waals surface area contributed by atoms with Crippen molar-refractivity contribution in [1.82, 2.24) is 15.3 Å². The van der Waals surface area contributed by atoms with Crippen molar-refractivity contribution in [2.45, 2.75) is 12.7 Å². The number of aliphatic imine (C=N–C) groups is 1. The summed E-state index contributed by atoms with van der Waals surface area (Å²) >= 11 is 1.67. The number of aromatic nitrogens is 2. The molecule has 0 radical (unpaired) electrons. The van der Waals surface area contributed by atoms with E-state index < -0.39 is 11.9 Å². The van der Waals surface area contributed by atoms with E-state index >= 15 is 0 Å². The van der Waals surface area contributed by atoms with Gasteiger partial charge in [0.1, 0.15) is 5.84 Å². The molecule has 23 heavy (non-hydrogen) atoms. The number of terminal acetylenes is 1. The molecule has 1 aromatic heterocycles. The van der Waals surface area contributed by atoms with Crippen LogP contribution in [0.3, 0.4) is 0 Å². The number of nitriles is 1. The van der Waals surface area contributed by atoms with E-state index in [0.29, 0.717) is 6.54 Å².